The Bertz CT molecular complexity index is 2370. The minimum absolute atomic E-state index is 0.870. The Hall–Kier alpha value is -5.61. The summed E-state index contributed by atoms with van der Waals surface area (Å²) in [5, 5.41) is 4.87. The van der Waals surface area contributed by atoms with Crippen molar-refractivity contribution in [3.05, 3.63) is 140 Å². The molecule has 0 radical (unpaired) electrons. The number of aromatic nitrogens is 4. The first kappa shape index (κ1) is 22.2. The van der Waals surface area contributed by atoms with Gasteiger partial charge in [-0.2, -0.15) is 0 Å². The number of aromatic amines is 1. The van der Waals surface area contributed by atoms with Crippen molar-refractivity contribution in [2.75, 3.05) is 0 Å². The van der Waals surface area contributed by atoms with Crippen LogP contribution in [-0.2, 0) is 0 Å². The zero-order valence-corrected chi connectivity index (χ0v) is 22.1. The normalized spacial score (nSPS) is 11.9. The number of hydrogen-bond acceptors (Lipinski definition) is 1. The fourth-order valence-electron chi connectivity index (χ4n) is 6.56. The molecule has 0 spiro atoms. The molecule has 3 aromatic heterocycles. The zero-order valence-electron chi connectivity index (χ0n) is 22.1. The molecule has 3 heterocycles. The second-order valence-corrected chi connectivity index (χ2v) is 10.5. The van der Waals surface area contributed by atoms with Crippen LogP contribution in [0.25, 0.3) is 77.4 Å². The smallest absolute Gasteiger partial charge is 0.140 e. The number of hydrogen-bond donors (Lipinski definition) is 1. The highest BCUT2D eigenvalue weighted by Gasteiger charge is 2.25. The predicted octanol–water partition coefficient (Wildman–Crippen LogP) is 9.42. The van der Waals surface area contributed by atoms with Crippen molar-refractivity contribution < 1.29 is 0 Å². The van der Waals surface area contributed by atoms with Crippen molar-refractivity contribution in [3.8, 4) is 22.8 Å². The lowest BCUT2D eigenvalue weighted by atomic mass is 10.0. The van der Waals surface area contributed by atoms with E-state index in [0.717, 1.165) is 39.3 Å². The molecule has 0 bridgehead atoms. The van der Waals surface area contributed by atoms with Gasteiger partial charge >= 0.3 is 0 Å². The van der Waals surface area contributed by atoms with Crippen molar-refractivity contribution in [2.45, 2.75) is 0 Å². The molecular formula is C37H24N4. The minimum atomic E-state index is 0.870. The molecule has 0 aliphatic carbocycles. The molecule has 0 fully saturated rings. The summed E-state index contributed by atoms with van der Waals surface area (Å²) in [6.45, 7) is 0. The lowest BCUT2D eigenvalue weighted by Gasteiger charge is -2.13. The van der Waals surface area contributed by atoms with E-state index >= 15 is 0 Å². The van der Waals surface area contributed by atoms with Gasteiger partial charge in [0.05, 0.1) is 33.1 Å². The number of nitrogens with one attached hydrogen (secondary N) is 1. The summed E-state index contributed by atoms with van der Waals surface area (Å²) in [5.41, 5.74) is 10.1. The van der Waals surface area contributed by atoms with Crippen LogP contribution in [0.2, 0.25) is 0 Å². The molecule has 0 unspecified atom stereocenters. The summed E-state index contributed by atoms with van der Waals surface area (Å²) in [6, 6.07) is 49.4. The van der Waals surface area contributed by atoms with E-state index in [1.807, 2.05) is 6.07 Å². The Morgan fingerprint density at radius 2 is 1.05 bits per heavy atom. The first-order valence-corrected chi connectivity index (χ1v) is 13.9. The maximum atomic E-state index is 5.11. The third-order valence-corrected chi connectivity index (χ3v) is 8.24. The van der Waals surface area contributed by atoms with Crippen LogP contribution in [0.1, 0.15) is 0 Å². The molecule has 192 valence electrons. The van der Waals surface area contributed by atoms with Crippen LogP contribution in [0.15, 0.2) is 140 Å². The van der Waals surface area contributed by atoms with Crippen LogP contribution in [0.4, 0.5) is 0 Å². The maximum Gasteiger partial charge on any atom is 0.140 e. The Morgan fingerprint density at radius 3 is 1.76 bits per heavy atom. The van der Waals surface area contributed by atoms with Gasteiger partial charge < -0.3 is 14.1 Å². The lowest BCUT2D eigenvalue weighted by molar-refractivity contribution is 1.17. The topological polar surface area (TPSA) is 38.5 Å². The SMILES string of the molecule is c1ccc(-n2c3ccccc3c3c2c(-c2nc4ccccc4[nH]2)cc2c4ccccc4n(-c4ccccc4)c23)cc1. The molecule has 41 heavy (non-hydrogen) atoms. The van der Waals surface area contributed by atoms with E-state index in [9.17, 15) is 0 Å². The molecule has 0 atom stereocenters. The largest absolute Gasteiger partial charge is 0.338 e. The quantitative estimate of drug-likeness (QED) is 0.246. The standard InChI is InChI=1S/C37H24N4/c1-3-13-24(14-4-1)40-32-21-11-7-17-26(32)28-23-29(37-38-30-19-9-10-20-31(30)39-37)36-34(35(28)40)27-18-8-12-22-33(27)41(36)25-15-5-2-6-16-25/h1-23H,(H,38,39). The molecule has 1 N–H and O–H groups in total. The fraction of sp³-hybridized carbons (Fsp3) is 0. The fourth-order valence-corrected chi connectivity index (χ4v) is 6.56. The Labute approximate surface area is 235 Å². The average molecular weight is 525 g/mol. The van der Waals surface area contributed by atoms with Gasteiger partial charge in [0.15, 0.2) is 0 Å². The van der Waals surface area contributed by atoms with Crippen LogP contribution in [-0.4, -0.2) is 19.1 Å². The lowest BCUT2D eigenvalue weighted by Crippen LogP contribution is -1.97. The first-order chi connectivity index (χ1) is 20.4. The van der Waals surface area contributed by atoms with E-state index in [2.05, 4.69) is 148 Å². The summed E-state index contributed by atoms with van der Waals surface area (Å²) in [7, 11) is 0. The van der Waals surface area contributed by atoms with E-state index in [0.29, 0.717) is 0 Å². The van der Waals surface area contributed by atoms with Crippen LogP contribution in [0.5, 0.6) is 0 Å². The van der Waals surface area contributed by atoms with Gasteiger partial charge in [0.1, 0.15) is 5.82 Å². The van der Waals surface area contributed by atoms with E-state index < -0.39 is 0 Å². The molecule has 0 saturated carbocycles. The molecule has 0 amide bonds. The monoisotopic (exact) mass is 524 g/mol. The second-order valence-electron chi connectivity index (χ2n) is 10.5. The van der Waals surface area contributed by atoms with Gasteiger partial charge in [-0.25, -0.2) is 4.98 Å². The summed E-state index contributed by atoms with van der Waals surface area (Å²) >= 11 is 0. The van der Waals surface area contributed by atoms with Gasteiger partial charge in [0.2, 0.25) is 0 Å². The third kappa shape index (κ3) is 3.13. The Kier molecular flexibility index (Phi) is 4.58. The third-order valence-electron chi connectivity index (χ3n) is 8.24. The average Bonchev–Trinajstić information content (AvgIpc) is 3.72. The number of H-pyrrole nitrogens is 1. The summed E-state index contributed by atoms with van der Waals surface area (Å²) in [5.74, 6) is 0.870. The molecule has 4 nitrogen and oxygen atoms in total. The number of benzene rings is 6. The van der Waals surface area contributed by atoms with Crippen molar-refractivity contribution in [1.29, 1.82) is 0 Å². The summed E-state index contributed by atoms with van der Waals surface area (Å²) in [4.78, 5) is 8.76. The van der Waals surface area contributed by atoms with Crippen LogP contribution >= 0.6 is 0 Å². The molecule has 0 aliphatic rings. The molecule has 0 saturated heterocycles. The van der Waals surface area contributed by atoms with Gasteiger partial charge in [-0.3, -0.25) is 0 Å². The highest BCUT2D eigenvalue weighted by molar-refractivity contribution is 6.29. The number of fused-ring (bicyclic) bond motifs is 8. The second kappa shape index (κ2) is 8.44. The first-order valence-electron chi connectivity index (χ1n) is 13.9. The predicted molar refractivity (Wildman–Crippen MR) is 170 cm³/mol. The van der Waals surface area contributed by atoms with E-state index in [1.54, 1.807) is 0 Å². The summed E-state index contributed by atoms with van der Waals surface area (Å²) in [6.07, 6.45) is 0. The summed E-state index contributed by atoms with van der Waals surface area (Å²) < 4.78 is 4.83. The van der Waals surface area contributed by atoms with Crippen LogP contribution in [0.3, 0.4) is 0 Å². The van der Waals surface area contributed by atoms with Gasteiger partial charge in [-0.15, -0.1) is 0 Å². The molecule has 9 rings (SSSR count). The van der Waals surface area contributed by atoms with Crippen molar-refractivity contribution in [1.82, 2.24) is 19.1 Å². The van der Waals surface area contributed by atoms with Crippen LogP contribution < -0.4 is 0 Å². The van der Waals surface area contributed by atoms with Crippen molar-refractivity contribution in [2.24, 2.45) is 0 Å². The van der Waals surface area contributed by atoms with E-state index in [1.165, 1.54) is 38.1 Å². The molecule has 9 aromatic rings. The van der Waals surface area contributed by atoms with Gasteiger partial charge in [-0.1, -0.05) is 84.9 Å². The number of nitrogens with zero attached hydrogens (tertiary/aromatic N) is 3. The maximum absolute atomic E-state index is 5.11. The van der Waals surface area contributed by atoms with Crippen molar-refractivity contribution >= 4 is 54.6 Å². The molecule has 4 heteroatoms. The minimum Gasteiger partial charge on any atom is -0.338 e. The van der Waals surface area contributed by atoms with E-state index in [-0.39, 0.29) is 0 Å². The highest BCUT2D eigenvalue weighted by Crippen LogP contribution is 2.45. The van der Waals surface area contributed by atoms with Gasteiger partial charge in [0.25, 0.3) is 0 Å². The van der Waals surface area contributed by atoms with Gasteiger partial charge in [0, 0.05) is 38.5 Å². The highest BCUT2D eigenvalue weighted by atomic mass is 15.0. The van der Waals surface area contributed by atoms with E-state index in [4.69, 9.17) is 4.98 Å². The number of rotatable bonds is 3. The molecule has 0 aliphatic heterocycles. The molecule has 6 aromatic carbocycles. The number of imidazole rings is 1. The van der Waals surface area contributed by atoms with Gasteiger partial charge in [-0.05, 0) is 54.6 Å². The Morgan fingerprint density at radius 1 is 0.488 bits per heavy atom. The van der Waals surface area contributed by atoms with Crippen LogP contribution in [0, 0.1) is 0 Å². The Balaban J connectivity index is 1.58. The number of para-hydroxylation sites is 6. The molecular weight excluding hydrogens is 500 g/mol. The zero-order chi connectivity index (χ0) is 26.9. The van der Waals surface area contributed by atoms with Crippen molar-refractivity contribution in [3.63, 3.8) is 0 Å².